The van der Waals surface area contributed by atoms with Gasteiger partial charge in [0.1, 0.15) is 0 Å². The summed E-state index contributed by atoms with van der Waals surface area (Å²) in [6.45, 7) is 4.60. The summed E-state index contributed by atoms with van der Waals surface area (Å²) in [5, 5.41) is 8.23. The maximum absolute atomic E-state index is 11.8. The molecule has 0 saturated heterocycles. The minimum Gasteiger partial charge on any atom is -0.350 e. The number of rotatable bonds is 5. The van der Waals surface area contributed by atoms with Gasteiger partial charge in [0, 0.05) is 17.2 Å². The molecule has 0 aliphatic heterocycles. The van der Waals surface area contributed by atoms with Crippen LogP contribution in [0.3, 0.4) is 0 Å². The molecule has 1 aromatic heterocycles. The van der Waals surface area contributed by atoms with Gasteiger partial charge in [-0.05, 0) is 24.7 Å². The number of thiazole rings is 1. The number of nitrogens with one attached hydrogen (secondary N) is 2. The highest BCUT2D eigenvalue weighted by Crippen LogP contribution is 2.39. The molecule has 0 unspecified atom stereocenters. The van der Waals surface area contributed by atoms with E-state index in [1.165, 1.54) is 11.3 Å². The van der Waals surface area contributed by atoms with Crippen LogP contribution in [0.2, 0.25) is 0 Å². The largest absolute Gasteiger partial charge is 0.350 e. The molecule has 2 N–H and O–H groups in total. The van der Waals surface area contributed by atoms with Gasteiger partial charge in [-0.3, -0.25) is 9.59 Å². The van der Waals surface area contributed by atoms with Gasteiger partial charge in [-0.25, -0.2) is 4.98 Å². The van der Waals surface area contributed by atoms with E-state index < -0.39 is 0 Å². The number of nitrogens with zero attached hydrogens (tertiary/aromatic N) is 1. The van der Waals surface area contributed by atoms with Crippen LogP contribution in [0.4, 0.5) is 5.13 Å². The SMILES string of the molecule is C[C@@H]1C[C@@H]1C(=O)NCc1csc(NC(=O)[C@H]2C[C@@H]2C)n1. The van der Waals surface area contributed by atoms with E-state index in [1.54, 1.807) is 0 Å². The molecule has 0 aromatic carbocycles. The highest BCUT2D eigenvalue weighted by Gasteiger charge is 2.40. The van der Waals surface area contributed by atoms with E-state index in [1.807, 2.05) is 5.38 Å². The minimum atomic E-state index is 0.0641. The molecule has 2 aliphatic carbocycles. The summed E-state index contributed by atoms with van der Waals surface area (Å²) in [6.07, 6.45) is 1.96. The lowest BCUT2D eigenvalue weighted by Crippen LogP contribution is -2.25. The third-order valence-corrected chi connectivity index (χ3v) is 4.92. The summed E-state index contributed by atoms with van der Waals surface area (Å²) >= 11 is 1.41. The van der Waals surface area contributed by atoms with E-state index >= 15 is 0 Å². The minimum absolute atomic E-state index is 0.0641. The molecule has 3 rings (SSSR count). The highest BCUT2D eigenvalue weighted by atomic mass is 32.1. The zero-order valence-corrected chi connectivity index (χ0v) is 12.5. The Morgan fingerprint density at radius 1 is 1.25 bits per heavy atom. The van der Waals surface area contributed by atoms with Crippen molar-refractivity contribution >= 4 is 28.3 Å². The van der Waals surface area contributed by atoms with Crippen molar-refractivity contribution in [3.05, 3.63) is 11.1 Å². The zero-order valence-electron chi connectivity index (χ0n) is 11.7. The molecule has 2 aliphatic rings. The standard InChI is InChI=1S/C14H19N3O2S/c1-7-3-10(7)12(18)15-5-9-6-20-14(16-9)17-13(19)11-4-8(11)2/h6-8,10-11H,3-5H2,1-2H3,(H,15,18)(H,16,17,19)/t7-,8+,10+,11+/m1/s1. The fraction of sp³-hybridized carbons (Fsp3) is 0.643. The van der Waals surface area contributed by atoms with Crippen molar-refractivity contribution in [2.24, 2.45) is 23.7 Å². The molecule has 20 heavy (non-hydrogen) atoms. The van der Waals surface area contributed by atoms with Gasteiger partial charge in [0.15, 0.2) is 5.13 Å². The lowest BCUT2D eigenvalue weighted by molar-refractivity contribution is -0.122. The molecule has 0 radical (unpaired) electrons. The molecular weight excluding hydrogens is 274 g/mol. The van der Waals surface area contributed by atoms with Gasteiger partial charge < -0.3 is 10.6 Å². The normalized spacial score (nSPS) is 30.7. The van der Waals surface area contributed by atoms with Crippen molar-refractivity contribution in [2.45, 2.75) is 33.2 Å². The number of carbonyl (C=O) groups is 2. The van der Waals surface area contributed by atoms with Crippen LogP contribution in [-0.4, -0.2) is 16.8 Å². The van der Waals surface area contributed by atoms with Gasteiger partial charge in [-0.15, -0.1) is 11.3 Å². The monoisotopic (exact) mass is 293 g/mol. The molecule has 1 aromatic rings. The predicted octanol–water partition coefficient (Wildman–Crippen LogP) is 2.01. The number of anilines is 1. The average Bonchev–Trinajstić information content (AvgIpc) is 3.27. The first-order valence-corrected chi connectivity index (χ1v) is 7.95. The molecular formula is C14H19N3O2S. The Morgan fingerprint density at radius 3 is 2.45 bits per heavy atom. The molecule has 0 spiro atoms. The molecule has 108 valence electrons. The molecule has 4 atom stereocenters. The second-order valence-corrected chi connectivity index (χ2v) is 6.85. The van der Waals surface area contributed by atoms with Gasteiger partial charge in [0.2, 0.25) is 11.8 Å². The topological polar surface area (TPSA) is 71.1 Å². The van der Waals surface area contributed by atoms with Crippen LogP contribution in [0, 0.1) is 23.7 Å². The third-order valence-electron chi connectivity index (χ3n) is 4.12. The maximum atomic E-state index is 11.8. The van der Waals surface area contributed by atoms with E-state index in [0.717, 1.165) is 18.5 Å². The molecule has 2 amide bonds. The highest BCUT2D eigenvalue weighted by molar-refractivity contribution is 7.13. The Kier molecular flexibility index (Phi) is 3.50. The first kappa shape index (κ1) is 13.5. The number of hydrogen-bond acceptors (Lipinski definition) is 4. The number of carbonyl (C=O) groups excluding carboxylic acids is 2. The average molecular weight is 293 g/mol. The molecule has 2 saturated carbocycles. The first-order valence-electron chi connectivity index (χ1n) is 7.07. The lowest BCUT2D eigenvalue weighted by atomic mass is 10.3. The number of aromatic nitrogens is 1. The Hall–Kier alpha value is -1.43. The fourth-order valence-corrected chi connectivity index (χ4v) is 3.04. The Bertz CT molecular complexity index is 542. The maximum Gasteiger partial charge on any atom is 0.229 e. The summed E-state index contributed by atoms with van der Waals surface area (Å²) in [5.41, 5.74) is 0.802. The van der Waals surface area contributed by atoms with Gasteiger partial charge >= 0.3 is 0 Å². The fourth-order valence-electron chi connectivity index (χ4n) is 2.33. The van der Waals surface area contributed by atoms with E-state index in [9.17, 15) is 9.59 Å². The second-order valence-electron chi connectivity index (χ2n) is 5.99. The van der Waals surface area contributed by atoms with Crippen molar-refractivity contribution in [2.75, 3.05) is 5.32 Å². The number of hydrogen-bond donors (Lipinski definition) is 2. The smallest absolute Gasteiger partial charge is 0.229 e. The van der Waals surface area contributed by atoms with Crippen LogP contribution in [0.15, 0.2) is 5.38 Å². The van der Waals surface area contributed by atoms with Crippen molar-refractivity contribution < 1.29 is 9.59 Å². The lowest BCUT2D eigenvalue weighted by Gasteiger charge is -2.01. The van der Waals surface area contributed by atoms with Crippen LogP contribution in [-0.2, 0) is 16.1 Å². The molecule has 0 bridgehead atoms. The summed E-state index contributed by atoms with van der Waals surface area (Å²) < 4.78 is 0. The van der Waals surface area contributed by atoms with Gasteiger partial charge in [0.05, 0.1) is 12.2 Å². The van der Waals surface area contributed by atoms with Crippen LogP contribution in [0.5, 0.6) is 0 Å². The van der Waals surface area contributed by atoms with Gasteiger partial charge in [-0.2, -0.15) is 0 Å². The Morgan fingerprint density at radius 2 is 1.85 bits per heavy atom. The molecule has 5 nitrogen and oxygen atoms in total. The molecule has 2 fully saturated rings. The van der Waals surface area contributed by atoms with Crippen LogP contribution in [0.25, 0.3) is 0 Å². The molecule has 6 heteroatoms. The summed E-state index contributed by atoms with van der Waals surface area (Å²) in [4.78, 5) is 27.8. The van der Waals surface area contributed by atoms with Crippen LogP contribution < -0.4 is 10.6 Å². The molecule has 1 heterocycles. The van der Waals surface area contributed by atoms with E-state index in [0.29, 0.717) is 23.5 Å². The Labute approximate surface area is 122 Å². The van der Waals surface area contributed by atoms with E-state index in [4.69, 9.17) is 0 Å². The summed E-state index contributed by atoms with van der Waals surface area (Å²) in [7, 11) is 0. The van der Waals surface area contributed by atoms with E-state index in [2.05, 4.69) is 29.5 Å². The van der Waals surface area contributed by atoms with Crippen molar-refractivity contribution in [1.82, 2.24) is 10.3 Å². The zero-order chi connectivity index (χ0) is 14.3. The van der Waals surface area contributed by atoms with Crippen LogP contribution in [0.1, 0.15) is 32.4 Å². The summed E-state index contributed by atoms with van der Waals surface area (Å²) in [6, 6.07) is 0. The predicted molar refractivity (Wildman–Crippen MR) is 77.1 cm³/mol. The van der Waals surface area contributed by atoms with Crippen molar-refractivity contribution in [3.8, 4) is 0 Å². The Balaban J connectivity index is 1.46. The summed E-state index contributed by atoms with van der Waals surface area (Å²) in [5.74, 6) is 1.52. The van der Waals surface area contributed by atoms with Crippen molar-refractivity contribution in [3.63, 3.8) is 0 Å². The number of amides is 2. The van der Waals surface area contributed by atoms with Crippen LogP contribution >= 0.6 is 11.3 Å². The third kappa shape index (κ3) is 3.00. The quantitative estimate of drug-likeness (QED) is 0.872. The second kappa shape index (κ2) is 5.16. The van der Waals surface area contributed by atoms with Gasteiger partial charge in [-0.1, -0.05) is 13.8 Å². The van der Waals surface area contributed by atoms with E-state index in [-0.39, 0.29) is 23.7 Å². The van der Waals surface area contributed by atoms with Crippen molar-refractivity contribution in [1.29, 1.82) is 0 Å². The van der Waals surface area contributed by atoms with Gasteiger partial charge in [0.25, 0.3) is 0 Å². The first-order chi connectivity index (χ1) is 9.54.